The fourth-order valence-electron chi connectivity index (χ4n) is 2.48. The molecule has 21 heavy (non-hydrogen) atoms. The first-order chi connectivity index (χ1) is 9.66. The molecule has 6 nitrogen and oxygen atoms in total. The molecule has 0 saturated carbocycles. The van der Waals surface area contributed by atoms with Crippen LogP contribution in [0.2, 0.25) is 0 Å². The number of para-hydroxylation sites is 1. The number of hydrogen-bond acceptors (Lipinski definition) is 5. The van der Waals surface area contributed by atoms with E-state index < -0.39 is 21.0 Å². The highest BCUT2D eigenvalue weighted by molar-refractivity contribution is 7.87. The van der Waals surface area contributed by atoms with E-state index in [4.69, 9.17) is 0 Å². The van der Waals surface area contributed by atoms with Crippen molar-refractivity contribution in [1.29, 1.82) is 0 Å². The molecule has 10 heteroatoms. The van der Waals surface area contributed by atoms with Gasteiger partial charge < -0.3 is 5.32 Å². The first kappa shape index (κ1) is 14.3. The van der Waals surface area contributed by atoms with E-state index in [0.717, 1.165) is 0 Å². The lowest BCUT2D eigenvalue weighted by Crippen LogP contribution is -2.63. The molecule has 2 heterocycles. The number of nitrogens with zero attached hydrogens (tertiary/aromatic N) is 1. The average Bonchev–Trinajstić information content (AvgIpc) is 2.60. The molecule has 1 spiro atoms. The number of alkyl halides is 3. The molecule has 0 radical (unpaired) electrons. The average molecular weight is 322 g/mol. The first-order valence-corrected chi connectivity index (χ1v) is 7.23. The van der Waals surface area contributed by atoms with E-state index >= 15 is 0 Å². The Bertz CT molecular complexity index is 710. The number of rotatable bonds is 2. The van der Waals surface area contributed by atoms with E-state index in [2.05, 4.69) is 9.60 Å². The number of amides is 1. The van der Waals surface area contributed by atoms with E-state index in [1.165, 1.54) is 0 Å². The van der Waals surface area contributed by atoms with Gasteiger partial charge in [-0.15, -0.1) is 0 Å². The van der Waals surface area contributed by atoms with Gasteiger partial charge in [-0.3, -0.25) is 4.79 Å². The maximum Gasteiger partial charge on any atom is 0.524 e. The third-order valence-electron chi connectivity index (χ3n) is 3.51. The number of carbonyl (C=O) groups is 1. The number of benzene rings is 1. The molecule has 0 aliphatic carbocycles. The van der Waals surface area contributed by atoms with Crippen LogP contribution in [0, 0.1) is 0 Å². The summed E-state index contributed by atoms with van der Waals surface area (Å²) in [5.41, 5.74) is -5.36. The number of hydrogen-bond donors (Lipinski definition) is 1. The lowest BCUT2D eigenvalue weighted by Gasteiger charge is -2.44. The van der Waals surface area contributed by atoms with Crippen LogP contribution in [0.25, 0.3) is 0 Å². The molecule has 2 aliphatic heterocycles. The quantitative estimate of drug-likeness (QED) is 0.821. The van der Waals surface area contributed by atoms with Crippen molar-refractivity contribution in [2.45, 2.75) is 10.9 Å². The molecule has 1 saturated heterocycles. The third-order valence-corrected chi connectivity index (χ3v) is 4.48. The van der Waals surface area contributed by atoms with Gasteiger partial charge in [-0.2, -0.15) is 30.9 Å². The summed E-state index contributed by atoms with van der Waals surface area (Å²) in [4.78, 5) is 12.0. The molecule has 1 amide bonds. The lowest BCUT2D eigenvalue weighted by molar-refractivity contribution is -0.171. The topological polar surface area (TPSA) is 75.7 Å². The number of halogens is 3. The second kappa shape index (κ2) is 4.18. The van der Waals surface area contributed by atoms with Crippen LogP contribution in [0.4, 0.5) is 18.9 Å². The molecular formula is C11H9F3N2O4S. The minimum atomic E-state index is -5.70. The van der Waals surface area contributed by atoms with Crippen molar-refractivity contribution in [3.05, 3.63) is 29.8 Å². The maximum absolute atomic E-state index is 12.2. The Kier molecular flexibility index (Phi) is 2.85. The van der Waals surface area contributed by atoms with Crippen molar-refractivity contribution in [1.82, 2.24) is 5.06 Å². The predicted molar refractivity (Wildman–Crippen MR) is 64.4 cm³/mol. The van der Waals surface area contributed by atoms with E-state index in [1.807, 2.05) is 0 Å². The first-order valence-electron chi connectivity index (χ1n) is 5.82. The van der Waals surface area contributed by atoms with Crippen LogP contribution in [0.3, 0.4) is 0 Å². The molecule has 0 atom stereocenters. The summed E-state index contributed by atoms with van der Waals surface area (Å²) in [6.45, 7) is -0.518. The van der Waals surface area contributed by atoms with Gasteiger partial charge in [0.05, 0.1) is 0 Å². The highest BCUT2D eigenvalue weighted by Crippen LogP contribution is 2.44. The number of nitrogens with one attached hydrogen (secondary N) is 1. The van der Waals surface area contributed by atoms with Crippen molar-refractivity contribution < 1.29 is 30.7 Å². The van der Waals surface area contributed by atoms with E-state index in [9.17, 15) is 26.4 Å². The Labute approximate surface area is 117 Å². The van der Waals surface area contributed by atoms with Crippen LogP contribution in [-0.4, -0.2) is 38.0 Å². The monoisotopic (exact) mass is 322 g/mol. The zero-order chi connectivity index (χ0) is 15.5. The third kappa shape index (κ3) is 2.01. The summed E-state index contributed by atoms with van der Waals surface area (Å²) < 4.78 is 62.4. The molecule has 1 aromatic carbocycles. The number of carbonyl (C=O) groups excluding carboxylic acids is 1. The second-order valence-electron chi connectivity index (χ2n) is 4.85. The van der Waals surface area contributed by atoms with Crippen molar-refractivity contribution in [2.75, 3.05) is 18.4 Å². The fraction of sp³-hybridized carbons (Fsp3) is 0.364. The summed E-state index contributed by atoms with van der Waals surface area (Å²) >= 11 is 0. The van der Waals surface area contributed by atoms with Crippen LogP contribution >= 0.6 is 0 Å². The smallest absolute Gasteiger partial charge is 0.325 e. The van der Waals surface area contributed by atoms with Crippen LogP contribution in [0.5, 0.6) is 0 Å². The summed E-state index contributed by atoms with van der Waals surface area (Å²) in [7, 11) is -5.70. The van der Waals surface area contributed by atoms with Crippen LogP contribution in [-0.2, 0) is 24.6 Å². The summed E-state index contributed by atoms with van der Waals surface area (Å²) in [5, 5.41) is 3.23. The van der Waals surface area contributed by atoms with Gasteiger partial charge >= 0.3 is 15.6 Å². The molecule has 1 aromatic rings. The minimum absolute atomic E-state index is 0.259. The lowest BCUT2D eigenvalue weighted by atomic mass is 9.76. The summed E-state index contributed by atoms with van der Waals surface area (Å²) in [6.07, 6.45) is 0. The highest BCUT2D eigenvalue weighted by atomic mass is 32.2. The molecule has 1 N–H and O–H groups in total. The zero-order valence-corrected chi connectivity index (χ0v) is 11.2. The Hall–Kier alpha value is -1.65. The van der Waals surface area contributed by atoms with Gasteiger partial charge in [0.15, 0.2) is 0 Å². The number of hydroxylamine groups is 2. The molecule has 2 aliphatic rings. The summed E-state index contributed by atoms with van der Waals surface area (Å²) in [6, 6.07) is 6.73. The van der Waals surface area contributed by atoms with Gasteiger partial charge in [0.25, 0.3) is 0 Å². The largest absolute Gasteiger partial charge is 0.524 e. The fourth-order valence-corrected chi connectivity index (χ4v) is 2.94. The normalized spacial score (nSPS) is 21.0. The Morgan fingerprint density at radius 3 is 2.48 bits per heavy atom. The molecule has 0 unspecified atom stereocenters. The molecule has 0 aromatic heterocycles. The van der Waals surface area contributed by atoms with Gasteiger partial charge in [-0.05, 0) is 11.6 Å². The van der Waals surface area contributed by atoms with Gasteiger partial charge in [-0.25, -0.2) is 0 Å². The summed E-state index contributed by atoms with van der Waals surface area (Å²) in [5.74, 6) is -0.382. The van der Waals surface area contributed by atoms with Gasteiger partial charge in [0.2, 0.25) is 5.91 Å². The SMILES string of the molecule is O=C1Nc2ccccc2C12CN(OS(=O)(=O)C(F)(F)F)C2. The molecule has 114 valence electrons. The second-order valence-corrected chi connectivity index (χ2v) is 6.37. The minimum Gasteiger partial charge on any atom is -0.325 e. The van der Waals surface area contributed by atoms with Gasteiger partial charge in [-0.1, -0.05) is 18.2 Å². The Morgan fingerprint density at radius 2 is 1.86 bits per heavy atom. The van der Waals surface area contributed by atoms with Crippen molar-refractivity contribution in [2.24, 2.45) is 0 Å². The molecule has 3 rings (SSSR count). The van der Waals surface area contributed by atoms with E-state index in [0.29, 0.717) is 16.3 Å². The molecule has 1 fully saturated rings. The molecular weight excluding hydrogens is 313 g/mol. The van der Waals surface area contributed by atoms with Crippen LogP contribution in [0.1, 0.15) is 5.56 Å². The van der Waals surface area contributed by atoms with Crippen molar-refractivity contribution in [3.8, 4) is 0 Å². The van der Waals surface area contributed by atoms with Crippen molar-refractivity contribution >= 4 is 21.7 Å². The van der Waals surface area contributed by atoms with Gasteiger partial charge in [0.1, 0.15) is 5.41 Å². The maximum atomic E-state index is 12.2. The van der Waals surface area contributed by atoms with Crippen LogP contribution in [0.15, 0.2) is 24.3 Å². The highest BCUT2D eigenvalue weighted by Gasteiger charge is 2.59. The Morgan fingerprint density at radius 1 is 1.24 bits per heavy atom. The van der Waals surface area contributed by atoms with Crippen molar-refractivity contribution in [3.63, 3.8) is 0 Å². The van der Waals surface area contributed by atoms with E-state index in [1.54, 1.807) is 24.3 Å². The Balaban J connectivity index is 1.79. The standard InChI is InChI=1S/C11H9F3N2O4S/c12-11(13,14)21(18,19)20-16-5-10(6-16)7-3-1-2-4-8(7)15-9(10)17/h1-4H,5-6H2,(H,15,17). The number of fused-ring (bicyclic) bond motifs is 2. The molecule has 0 bridgehead atoms. The number of anilines is 1. The van der Waals surface area contributed by atoms with E-state index in [-0.39, 0.29) is 19.0 Å². The van der Waals surface area contributed by atoms with Crippen LogP contribution < -0.4 is 5.32 Å². The zero-order valence-electron chi connectivity index (χ0n) is 10.3. The van der Waals surface area contributed by atoms with Gasteiger partial charge in [0, 0.05) is 18.8 Å². The predicted octanol–water partition coefficient (Wildman–Crippen LogP) is 0.973.